The highest BCUT2D eigenvalue weighted by atomic mass is 16.5. The lowest BCUT2D eigenvalue weighted by atomic mass is 10.0. The first kappa shape index (κ1) is 8.79. The molecule has 0 fully saturated rings. The fraction of sp³-hybridized carbons (Fsp3) is 0.800. The van der Waals surface area contributed by atoms with E-state index < -0.39 is 0 Å². The van der Waals surface area contributed by atoms with Crippen molar-refractivity contribution in [1.29, 1.82) is 0 Å². The fourth-order valence-corrected chi connectivity index (χ4v) is 1.53. The SMILES string of the molecule is CCO[C@@H]1CC/C=C/CCC1. The molecule has 0 N–H and O–H groups in total. The Morgan fingerprint density at radius 1 is 1.27 bits per heavy atom. The molecule has 0 aromatic heterocycles. The number of hydrogen-bond donors (Lipinski definition) is 0. The maximum absolute atomic E-state index is 5.58. The maximum atomic E-state index is 5.58. The molecular weight excluding hydrogens is 136 g/mol. The van der Waals surface area contributed by atoms with Gasteiger partial charge in [-0.25, -0.2) is 0 Å². The van der Waals surface area contributed by atoms with E-state index in [1.54, 1.807) is 0 Å². The molecule has 0 amide bonds. The largest absolute Gasteiger partial charge is 0.378 e. The minimum absolute atomic E-state index is 0.532. The molecule has 1 heteroatoms. The molecule has 1 atom stereocenters. The summed E-state index contributed by atoms with van der Waals surface area (Å²) in [5.41, 5.74) is 0. The van der Waals surface area contributed by atoms with E-state index >= 15 is 0 Å². The fourth-order valence-electron chi connectivity index (χ4n) is 1.53. The zero-order valence-corrected chi connectivity index (χ0v) is 7.38. The standard InChI is InChI=1S/C10H18O/c1-2-11-10-8-6-4-3-5-7-9-10/h3-4,10H,2,5-9H2,1H3/b4-3+/t10-/m1/s1. The van der Waals surface area contributed by atoms with Crippen LogP contribution < -0.4 is 0 Å². The summed E-state index contributed by atoms with van der Waals surface area (Å²) in [7, 11) is 0. The molecule has 11 heavy (non-hydrogen) atoms. The maximum Gasteiger partial charge on any atom is 0.0578 e. The lowest BCUT2D eigenvalue weighted by molar-refractivity contribution is 0.0496. The smallest absolute Gasteiger partial charge is 0.0578 e. The molecular formula is C10H18O. The Hall–Kier alpha value is -0.300. The van der Waals surface area contributed by atoms with E-state index in [-0.39, 0.29) is 0 Å². The summed E-state index contributed by atoms with van der Waals surface area (Å²) in [5, 5.41) is 0. The summed E-state index contributed by atoms with van der Waals surface area (Å²) < 4.78 is 5.58. The molecule has 1 aliphatic rings. The average Bonchev–Trinajstić information content (AvgIpc) is 1.94. The Bertz CT molecular complexity index is 118. The van der Waals surface area contributed by atoms with Gasteiger partial charge < -0.3 is 4.74 Å². The second-order valence-electron chi connectivity index (χ2n) is 3.06. The first-order chi connectivity index (χ1) is 5.43. The van der Waals surface area contributed by atoms with Crippen LogP contribution in [0.25, 0.3) is 0 Å². The molecule has 0 aromatic rings. The highest BCUT2D eigenvalue weighted by molar-refractivity contribution is 4.85. The van der Waals surface area contributed by atoms with Gasteiger partial charge in [0, 0.05) is 6.61 Å². The summed E-state index contributed by atoms with van der Waals surface area (Å²) >= 11 is 0. The monoisotopic (exact) mass is 154 g/mol. The van der Waals surface area contributed by atoms with Crippen LogP contribution in [0.4, 0.5) is 0 Å². The number of ether oxygens (including phenoxy) is 1. The molecule has 0 radical (unpaired) electrons. The van der Waals surface area contributed by atoms with Gasteiger partial charge in [0.2, 0.25) is 0 Å². The molecule has 0 unspecified atom stereocenters. The quantitative estimate of drug-likeness (QED) is 0.556. The van der Waals surface area contributed by atoms with Crippen molar-refractivity contribution in [3.05, 3.63) is 12.2 Å². The molecule has 1 aliphatic carbocycles. The van der Waals surface area contributed by atoms with Crippen LogP contribution in [0.5, 0.6) is 0 Å². The van der Waals surface area contributed by atoms with Crippen molar-refractivity contribution in [2.75, 3.05) is 6.61 Å². The molecule has 1 nitrogen and oxygen atoms in total. The Morgan fingerprint density at radius 3 is 2.91 bits per heavy atom. The summed E-state index contributed by atoms with van der Waals surface area (Å²) in [5.74, 6) is 0. The van der Waals surface area contributed by atoms with Crippen molar-refractivity contribution in [2.24, 2.45) is 0 Å². The number of rotatable bonds is 2. The van der Waals surface area contributed by atoms with E-state index in [4.69, 9.17) is 4.74 Å². The first-order valence-electron chi connectivity index (χ1n) is 4.70. The van der Waals surface area contributed by atoms with E-state index in [2.05, 4.69) is 19.1 Å². The van der Waals surface area contributed by atoms with Crippen molar-refractivity contribution < 1.29 is 4.74 Å². The Morgan fingerprint density at radius 2 is 2.09 bits per heavy atom. The zero-order chi connectivity index (χ0) is 7.94. The average molecular weight is 154 g/mol. The van der Waals surface area contributed by atoms with Gasteiger partial charge in [0.1, 0.15) is 0 Å². The van der Waals surface area contributed by atoms with Gasteiger partial charge in [0.25, 0.3) is 0 Å². The van der Waals surface area contributed by atoms with Crippen molar-refractivity contribution in [1.82, 2.24) is 0 Å². The van der Waals surface area contributed by atoms with E-state index in [1.807, 2.05) is 0 Å². The molecule has 0 saturated heterocycles. The topological polar surface area (TPSA) is 9.23 Å². The van der Waals surface area contributed by atoms with Crippen LogP contribution in [0, 0.1) is 0 Å². The summed E-state index contributed by atoms with van der Waals surface area (Å²) in [4.78, 5) is 0. The van der Waals surface area contributed by atoms with Gasteiger partial charge in [-0.2, -0.15) is 0 Å². The minimum atomic E-state index is 0.532. The van der Waals surface area contributed by atoms with Crippen LogP contribution in [-0.4, -0.2) is 12.7 Å². The Balaban J connectivity index is 2.24. The highest BCUT2D eigenvalue weighted by Gasteiger charge is 2.07. The lowest BCUT2D eigenvalue weighted by Crippen LogP contribution is -2.13. The summed E-state index contributed by atoms with van der Waals surface area (Å²) in [6.45, 7) is 2.95. The van der Waals surface area contributed by atoms with Crippen molar-refractivity contribution in [3.8, 4) is 0 Å². The number of hydrogen-bond acceptors (Lipinski definition) is 1. The summed E-state index contributed by atoms with van der Waals surface area (Å²) in [6, 6.07) is 0. The van der Waals surface area contributed by atoms with Gasteiger partial charge in [0.05, 0.1) is 6.10 Å². The van der Waals surface area contributed by atoms with Gasteiger partial charge >= 0.3 is 0 Å². The third-order valence-electron chi connectivity index (χ3n) is 2.12. The Labute approximate surface area is 69.4 Å². The first-order valence-corrected chi connectivity index (χ1v) is 4.70. The molecule has 0 heterocycles. The highest BCUT2D eigenvalue weighted by Crippen LogP contribution is 2.14. The molecule has 0 spiro atoms. The Kier molecular flexibility index (Phi) is 4.29. The van der Waals surface area contributed by atoms with Gasteiger partial charge in [-0.1, -0.05) is 12.2 Å². The van der Waals surface area contributed by atoms with E-state index in [1.165, 1.54) is 32.1 Å². The second-order valence-corrected chi connectivity index (χ2v) is 3.06. The van der Waals surface area contributed by atoms with Gasteiger partial charge in [-0.3, -0.25) is 0 Å². The van der Waals surface area contributed by atoms with E-state index in [0.29, 0.717) is 6.10 Å². The van der Waals surface area contributed by atoms with Gasteiger partial charge in [-0.15, -0.1) is 0 Å². The third kappa shape index (κ3) is 3.57. The molecule has 0 bridgehead atoms. The minimum Gasteiger partial charge on any atom is -0.378 e. The molecule has 1 rings (SSSR count). The zero-order valence-electron chi connectivity index (χ0n) is 7.38. The van der Waals surface area contributed by atoms with Crippen LogP contribution in [0.1, 0.15) is 39.0 Å². The van der Waals surface area contributed by atoms with Gasteiger partial charge in [-0.05, 0) is 39.0 Å². The predicted octanol–water partition coefficient (Wildman–Crippen LogP) is 2.91. The normalized spacial score (nSPS) is 29.0. The lowest BCUT2D eigenvalue weighted by Gasteiger charge is -2.16. The molecule has 0 saturated carbocycles. The van der Waals surface area contributed by atoms with Crippen LogP contribution in [-0.2, 0) is 4.74 Å². The van der Waals surface area contributed by atoms with Crippen LogP contribution >= 0.6 is 0 Å². The third-order valence-corrected chi connectivity index (χ3v) is 2.12. The van der Waals surface area contributed by atoms with Crippen LogP contribution in [0.15, 0.2) is 12.2 Å². The number of allylic oxidation sites excluding steroid dienone is 2. The van der Waals surface area contributed by atoms with Crippen LogP contribution in [0.2, 0.25) is 0 Å². The summed E-state index contributed by atoms with van der Waals surface area (Å²) in [6.07, 6.45) is 11.3. The van der Waals surface area contributed by atoms with Crippen LogP contribution in [0.3, 0.4) is 0 Å². The van der Waals surface area contributed by atoms with E-state index in [0.717, 1.165) is 6.61 Å². The molecule has 0 aromatic carbocycles. The van der Waals surface area contributed by atoms with Crippen molar-refractivity contribution >= 4 is 0 Å². The predicted molar refractivity (Wildman–Crippen MR) is 47.6 cm³/mol. The molecule has 0 aliphatic heterocycles. The second kappa shape index (κ2) is 5.36. The van der Waals surface area contributed by atoms with Crippen molar-refractivity contribution in [3.63, 3.8) is 0 Å². The van der Waals surface area contributed by atoms with E-state index in [9.17, 15) is 0 Å². The van der Waals surface area contributed by atoms with Crippen molar-refractivity contribution in [2.45, 2.75) is 45.1 Å². The molecule has 64 valence electrons. The van der Waals surface area contributed by atoms with Gasteiger partial charge in [0.15, 0.2) is 0 Å².